The summed E-state index contributed by atoms with van der Waals surface area (Å²) >= 11 is 0. The number of benzene rings is 4. The lowest BCUT2D eigenvalue weighted by molar-refractivity contribution is -0.139. The Kier molecular flexibility index (Phi) is 9.36. The van der Waals surface area contributed by atoms with Gasteiger partial charge in [-0.25, -0.2) is 22.0 Å². The summed E-state index contributed by atoms with van der Waals surface area (Å²) in [5, 5.41) is 39.1. The fraction of sp³-hybridized carbons (Fsp3) is 0.0769. The summed E-state index contributed by atoms with van der Waals surface area (Å²) in [4.78, 5) is -0.590. The number of azo groups is 2. The molecule has 0 aliphatic rings. The zero-order chi connectivity index (χ0) is 34.0. The zero-order valence-electron chi connectivity index (χ0n) is 22.4. The van der Waals surface area contributed by atoms with Crippen LogP contribution in [0.4, 0.5) is 54.8 Å². The van der Waals surface area contributed by atoms with Gasteiger partial charge < -0.3 is 10.2 Å². The summed E-state index contributed by atoms with van der Waals surface area (Å²) in [6, 6.07) is 11.5. The minimum absolute atomic E-state index is 0.0528. The SMILES string of the molecule is NS(=O)(=O)c1cc(N=Nc2ccc(O)c(C(F)(F)F)c2)ccc1-c1ccc(N=Nc2ccc(O)c(C(F)(F)F)c2)cc1N[SH](=O)=O. The van der Waals surface area contributed by atoms with E-state index in [9.17, 15) is 53.4 Å². The molecule has 5 N–H and O–H groups in total. The number of nitrogens with zero attached hydrogens (tertiary/aromatic N) is 4. The Bertz CT molecular complexity index is 2060. The average molecular weight is 689 g/mol. The normalized spacial score (nSPS) is 12.8. The molecular weight excluding hydrogens is 670 g/mol. The number of alkyl halides is 6. The van der Waals surface area contributed by atoms with Crippen LogP contribution in [0.15, 0.2) is 98.1 Å². The van der Waals surface area contributed by atoms with Gasteiger partial charge in [-0.15, -0.1) is 0 Å². The minimum Gasteiger partial charge on any atom is -0.507 e. The second kappa shape index (κ2) is 12.7. The highest BCUT2D eigenvalue weighted by Crippen LogP contribution is 2.41. The molecule has 12 nitrogen and oxygen atoms in total. The van der Waals surface area contributed by atoms with Crippen molar-refractivity contribution >= 4 is 49.4 Å². The van der Waals surface area contributed by atoms with E-state index in [1.807, 2.05) is 0 Å². The monoisotopic (exact) mass is 688 g/mol. The molecular formula is C26H18F6N6O6S2. The number of nitrogens with one attached hydrogen (secondary N) is 1. The smallest absolute Gasteiger partial charge is 0.420 e. The van der Waals surface area contributed by atoms with Crippen LogP contribution >= 0.6 is 0 Å². The first-order valence-electron chi connectivity index (χ1n) is 12.2. The number of aromatic hydroxyl groups is 2. The number of nitrogens with two attached hydrogens (primary N) is 1. The molecule has 0 spiro atoms. The van der Waals surface area contributed by atoms with Crippen LogP contribution in [0.1, 0.15) is 11.1 Å². The van der Waals surface area contributed by atoms with E-state index in [1.165, 1.54) is 24.3 Å². The number of phenols is 2. The first-order chi connectivity index (χ1) is 21.3. The summed E-state index contributed by atoms with van der Waals surface area (Å²) in [6.45, 7) is 0. The van der Waals surface area contributed by atoms with Gasteiger partial charge in [-0.3, -0.25) is 4.72 Å². The summed E-state index contributed by atoms with van der Waals surface area (Å²) < 4.78 is 129. The highest BCUT2D eigenvalue weighted by molar-refractivity contribution is 7.89. The number of sulfonamides is 1. The van der Waals surface area contributed by atoms with Crippen LogP contribution in [0.3, 0.4) is 0 Å². The van der Waals surface area contributed by atoms with Crippen LogP contribution in [0.2, 0.25) is 0 Å². The van der Waals surface area contributed by atoms with Crippen molar-refractivity contribution in [1.82, 2.24) is 0 Å². The quantitative estimate of drug-likeness (QED) is 0.0736. The van der Waals surface area contributed by atoms with Crippen molar-refractivity contribution in [3.63, 3.8) is 0 Å². The van der Waals surface area contributed by atoms with Crippen molar-refractivity contribution in [2.75, 3.05) is 4.72 Å². The number of anilines is 1. The molecule has 0 atom stereocenters. The van der Waals surface area contributed by atoms with E-state index in [1.54, 1.807) is 0 Å². The van der Waals surface area contributed by atoms with Crippen molar-refractivity contribution in [3.8, 4) is 22.6 Å². The van der Waals surface area contributed by atoms with Crippen LogP contribution in [0.5, 0.6) is 11.5 Å². The largest absolute Gasteiger partial charge is 0.507 e. The molecule has 0 heterocycles. The first kappa shape index (κ1) is 33.8. The summed E-state index contributed by atoms with van der Waals surface area (Å²) in [5.41, 5.74) is -4.08. The maximum Gasteiger partial charge on any atom is 0.420 e. The third-order valence-corrected chi connectivity index (χ3v) is 7.28. The second-order valence-corrected chi connectivity index (χ2v) is 11.4. The van der Waals surface area contributed by atoms with Crippen molar-refractivity contribution in [2.24, 2.45) is 25.6 Å². The number of rotatable bonds is 8. The van der Waals surface area contributed by atoms with Gasteiger partial charge in [-0.1, -0.05) is 12.1 Å². The third kappa shape index (κ3) is 8.14. The van der Waals surface area contributed by atoms with E-state index in [0.717, 1.165) is 36.4 Å². The maximum absolute atomic E-state index is 13.1. The second-order valence-electron chi connectivity index (χ2n) is 9.12. The molecule has 0 bridgehead atoms. The summed E-state index contributed by atoms with van der Waals surface area (Å²) in [5.74, 6) is -2.07. The Balaban J connectivity index is 1.74. The Hall–Kier alpha value is -5.08. The topological polar surface area (TPSA) is 196 Å². The molecule has 0 saturated heterocycles. The molecule has 0 amide bonds. The van der Waals surface area contributed by atoms with Crippen LogP contribution in [0.25, 0.3) is 11.1 Å². The van der Waals surface area contributed by atoms with Gasteiger partial charge in [0.15, 0.2) is 0 Å². The molecule has 46 heavy (non-hydrogen) atoms. The van der Waals surface area contributed by atoms with E-state index in [4.69, 9.17) is 5.14 Å². The summed E-state index contributed by atoms with van der Waals surface area (Å²) in [6.07, 6.45) is -9.77. The van der Waals surface area contributed by atoms with Gasteiger partial charge in [0.1, 0.15) is 11.5 Å². The zero-order valence-corrected chi connectivity index (χ0v) is 24.2. The molecule has 4 aromatic rings. The van der Waals surface area contributed by atoms with E-state index in [-0.39, 0.29) is 39.6 Å². The molecule has 4 aromatic carbocycles. The number of halogens is 6. The van der Waals surface area contributed by atoms with Crippen LogP contribution in [-0.2, 0) is 33.3 Å². The van der Waals surface area contributed by atoms with E-state index in [2.05, 4.69) is 25.2 Å². The first-order valence-corrected chi connectivity index (χ1v) is 14.9. The maximum atomic E-state index is 13.1. The van der Waals surface area contributed by atoms with Crippen molar-refractivity contribution < 1.29 is 53.4 Å². The molecule has 0 unspecified atom stereocenters. The van der Waals surface area contributed by atoms with Gasteiger partial charge in [-0.05, 0) is 60.7 Å². The number of hydrogen-bond acceptors (Lipinski definition) is 10. The molecule has 0 saturated carbocycles. The van der Waals surface area contributed by atoms with Crippen LogP contribution < -0.4 is 9.86 Å². The number of phenolic OH excluding ortho intramolecular Hbond substituents is 2. The van der Waals surface area contributed by atoms with Gasteiger partial charge >= 0.3 is 12.4 Å². The number of primary sulfonamides is 1. The van der Waals surface area contributed by atoms with Crippen LogP contribution in [-0.4, -0.2) is 27.0 Å². The van der Waals surface area contributed by atoms with Crippen LogP contribution in [0, 0.1) is 0 Å². The molecule has 20 heteroatoms. The molecule has 0 radical (unpaired) electrons. The summed E-state index contributed by atoms with van der Waals surface area (Å²) in [7, 11) is -7.90. The fourth-order valence-electron chi connectivity index (χ4n) is 3.91. The van der Waals surface area contributed by atoms with Gasteiger partial charge in [0, 0.05) is 11.1 Å². The Morgan fingerprint density at radius 2 is 1.02 bits per heavy atom. The van der Waals surface area contributed by atoms with E-state index >= 15 is 0 Å². The van der Waals surface area contributed by atoms with Gasteiger partial charge in [-0.2, -0.15) is 46.8 Å². The van der Waals surface area contributed by atoms with E-state index in [0.29, 0.717) is 12.1 Å². The number of thiol groups is 1. The van der Waals surface area contributed by atoms with Crippen molar-refractivity contribution in [1.29, 1.82) is 0 Å². The highest BCUT2D eigenvalue weighted by atomic mass is 32.2. The predicted molar refractivity (Wildman–Crippen MR) is 152 cm³/mol. The van der Waals surface area contributed by atoms with Gasteiger partial charge in [0.25, 0.3) is 0 Å². The lowest BCUT2D eigenvalue weighted by Crippen LogP contribution is -2.13. The molecule has 242 valence electrons. The predicted octanol–water partition coefficient (Wildman–Crippen LogP) is 7.22. The molecule has 0 aliphatic carbocycles. The van der Waals surface area contributed by atoms with Gasteiger partial charge in [0.05, 0.1) is 44.5 Å². The fourth-order valence-corrected chi connectivity index (χ4v) is 5.06. The molecule has 0 aromatic heterocycles. The molecule has 0 fully saturated rings. The third-order valence-electron chi connectivity index (χ3n) is 5.91. The van der Waals surface area contributed by atoms with Gasteiger partial charge in [0.2, 0.25) is 20.9 Å². The van der Waals surface area contributed by atoms with Crippen molar-refractivity contribution in [2.45, 2.75) is 17.2 Å². The molecule has 0 aliphatic heterocycles. The highest BCUT2D eigenvalue weighted by Gasteiger charge is 2.35. The molecule has 4 rings (SSSR count). The average Bonchev–Trinajstić information content (AvgIpc) is 2.94. The standard InChI is InChI=1S/C26H18F6N6O6S2/c27-25(28,29)19-9-13(3-7-22(19)39)34-36-15-1-5-17(21(11-15)38-45(41)42)18-6-2-16(12-24(18)46(33,43)44)37-35-14-4-8-23(40)20(10-14)26(30,31)32/h1-12,39-40,45H,(H2,33,43,44)(H,38,41,42). The Morgan fingerprint density at radius 1 is 0.630 bits per heavy atom. The lowest BCUT2D eigenvalue weighted by atomic mass is 10.0. The number of hydrogen-bond donors (Lipinski definition) is 5. The van der Waals surface area contributed by atoms with Crippen molar-refractivity contribution in [3.05, 3.63) is 83.9 Å². The van der Waals surface area contributed by atoms with E-state index < -0.39 is 60.8 Å². The Morgan fingerprint density at radius 3 is 1.43 bits per heavy atom. The Labute approximate surface area is 256 Å². The minimum atomic E-state index is -4.89. The lowest BCUT2D eigenvalue weighted by Gasteiger charge is -2.13.